The van der Waals surface area contributed by atoms with Gasteiger partial charge in [0.15, 0.2) is 5.76 Å². The Hall–Kier alpha value is -2.95. The second kappa shape index (κ2) is 6.51. The van der Waals surface area contributed by atoms with Crippen LogP contribution in [0.15, 0.2) is 59.1 Å². The fourth-order valence-electron chi connectivity index (χ4n) is 3.19. The molecule has 0 radical (unpaired) electrons. The average Bonchev–Trinajstić information content (AvgIpc) is 3.10. The van der Waals surface area contributed by atoms with Gasteiger partial charge in [0.2, 0.25) is 5.91 Å². The average molecular weight is 336 g/mol. The van der Waals surface area contributed by atoms with Gasteiger partial charge in [-0.3, -0.25) is 4.79 Å². The SMILES string of the molecule is O=C(Cc1cc(-c2ccc(F)cc2)on1)N1CCCc2ccccc21. The Kier molecular flexibility index (Phi) is 4.06. The number of halogens is 1. The van der Waals surface area contributed by atoms with Gasteiger partial charge in [-0.05, 0) is 48.7 Å². The third-order valence-corrected chi connectivity index (χ3v) is 4.43. The van der Waals surface area contributed by atoms with Gasteiger partial charge in [0, 0.05) is 23.9 Å². The molecule has 0 atom stereocenters. The number of aryl methyl sites for hydroxylation is 1. The molecule has 25 heavy (non-hydrogen) atoms. The molecule has 0 fully saturated rings. The number of rotatable bonds is 3. The van der Waals surface area contributed by atoms with Gasteiger partial charge >= 0.3 is 0 Å². The van der Waals surface area contributed by atoms with E-state index >= 15 is 0 Å². The van der Waals surface area contributed by atoms with Crippen molar-refractivity contribution in [3.8, 4) is 11.3 Å². The predicted octanol–water partition coefficient (Wildman–Crippen LogP) is 4.00. The van der Waals surface area contributed by atoms with Crippen LogP contribution in [0.5, 0.6) is 0 Å². The van der Waals surface area contributed by atoms with E-state index in [1.165, 1.54) is 17.7 Å². The number of hydrogen-bond acceptors (Lipinski definition) is 3. The van der Waals surface area contributed by atoms with Crippen molar-refractivity contribution in [2.75, 3.05) is 11.4 Å². The van der Waals surface area contributed by atoms with Crippen molar-refractivity contribution >= 4 is 11.6 Å². The molecular weight excluding hydrogens is 319 g/mol. The molecule has 1 aromatic heterocycles. The number of benzene rings is 2. The Morgan fingerprint density at radius 3 is 2.80 bits per heavy atom. The molecule has 2 heterocycles. The third-order valence-electron chi connectivity index (χ3n) is 4.43. The van der Waals surface area contributed by atoms with Crippen LogP contribution in [0.3, 0.4) is 0 Å². The summed E-state index contributed by atoms with van der Waals surface area (Å²) in [5, 5.41) is 3.99. The Bertz CT molecular complexity index is 902. The second-order valence-electron chi connectivity index (χ2n) is 6.14. The predicted molar refractivity (Wildman–Crippen MR) is 92.7 cm³/mol. The van der Waals surface area contributed by atoms with Crippen molar-refractivity contribution in [3.05, 3.63) is 71.7 Å². The van der Waals surface area contributed by atoms with Gasteiger partial charge in [-0.1, -0.05) is 23.4 Å². The van der Waals surface area contributed by atoms with Crippen molar-refractivity contribution in [2.24, 2.45) is 0 Å². The first-order valence-electron chi connectivity index (χ1n) is 8.30. The molecule has 0 unspecified atom stereocenters. The number of anilines is 1. The lowest BCUT2D eigenvalue weighted by Crippen LogP contribution is -2.36. The molecule has 0 N–H and O–H groups in total. The van der Waals surface area contributed by atoms with Crippen molar-refractivity contribution in [3.63, 3.8) is 0 Å². The maximum atomic E-state index is 13.0. The van der Waals surface area contributed by atoms with E-state index in [0.29, 0.717) is 11.5 Å². The van der Waals surface area contributed by atoms with Crippen molar-refractivity contribution in [1.82, 2.24) is 5.16 Å². The number of hydrogen-bond donors (Lipinski definition) is 0. The summed E-state index contributed by atoms with van der Waals surface area (Å²) in [5.74, 6) is 0.232. The van der Waals surface area contributed by atoms with Crippen LogP contribution in [-0.2, 0) is 17.6 Å². The maximum Gasteiger partial charge on any atom is 0.233 e. The maximum absolute atomic E-state index is 13.0. The molecule has 0 spiro atoms. The topological polar surface area (TPSA) is 46.3 Å². The number of para-hydroxylation sites is 1. The first-order chi connectivity index (χ1) is 12.2. The van der Waals surface area contributed by atoms with E-state index in [1.807, 2.05) is 23.1 Å². The molecule has 0 saturated carbocycles. The van der Waals surface area contributed by atoms with Crippen LogP contribution in [0, 0.1) is 5.82 Å². The zero-order valence-corrected chi connectivity index (χ0v) is 13.6. The van der Waals surface area contributed by atoms with E-state index in [-0.39, 0.29) is 18.1 Å². The monoisotopic (exact) mass is 336 g/mol. The van der Waals surface area contributed by atoms with Gasteiger partial charge in [0.05, 0.1) is 12.1 Å². The molecule has 0 bridgehead atoms. The van der Waals surface area contributed by atoms with E-state index in [4.69, 9.17) is 4.52 Å². The highest BCUT2D eigenvalue weighted by Crippen LogP contribution is 2.27. The standard InChI is InChI=1S/C20H17FN2O2/c21-16-9-7-15(8-10-16)19-12-17(22-25-19)13-20(24)23-11-3-5-14-4-1-2-6-18(14)23/h1-2,4,6-10,12H,3,5,11,13H2. The third kappa shape index (κ3) is 3.18. The number of carbonyl (C=O) groups is 1. The fraction of sp³-hybridized carbons (Fsp3) is 0.200. The van der Waals surface area contributed by atoms with Crippen molar-refractivity contribution in [2.45, 2.75) is 19.3 Å². The molecule has 0 saturated heterocycles. The van der Waals surface area contributed by atoms with Gasteiger partial charge in [0.25, 0.3) is 0 Å². The summed E-state index contributed by atoms with van der Waals surface area (Å²) < 4.78 is 18.3. The van der Waals surface area contributed by atoms with Crippen molar-refractivity contribution < 1.29 is 13.7 Å². The van der Waals surface area contributed by atoms with Gasteiger partial charge in [-0.2, -0.15) is 0 Å². The smallest absolute Gasteiger partial charge is 0.233 e. The highest BCUT2D eigenvalue weighted by molar-refractivity contribution is 5.95. The molecule has 126 valence electrons. The first kappa shape index (κ1) is 15.6. The Labute approximate surface area is 144 Å². The van der Waals surface area contributed by atoms with Crippen molar-refractivity contribution in [1.29, 1.82) is 0 Å². The van der Waals surface area contributed by atoms with E-state index in [0.717, 1.165) is 30.6 Å². The van der Waals surface area contributed by atoms with Crippen LogP contribution in [0.1, 0.15) is 17.7 Å². The molecule has 0 aliphatic carbocycles. The summed E-state index contributed by atoms with van der Waals surface area (Å²) in [6.07, 6.45) is 2.14. The summed E-state index contributed by atoms with van der Waals surface area (Å²) in [5.41, 5.74) is 3.50. The quantitative estimate of drug-likeness (QED) is 0.726. The van der Waals surface area contributed by atoms with E-state index in [9.17, 15) is 9.18 Å². The summed E-state index contributed by atoms with van der Waals surface area (Å²) in [4.78, 5) is 14.5. The minimum absolute atomic E-state index is 0.00565. The number of nitrogens with zero attached hydrogens (tertiary/aromatic N) is 2. The molecule has 1 aliphatic rings. The van der Waals surface area contributed by atoms with Gasteiger partial charge < -0.3 is 9.42 Å². The molecule has 2 aromatic carbocycles. The summed E-state index contributed by atoms with van der Waals surface area (Å²) >= 11 is 0. The van der Waals surface area contributed by atoms with Crippen LogP contribution in [0.25, 0.3) is 11.3 Å². The highest BCUT2D eigenvalue weighted by Gasteiger charge is 2.23. The normalized spacial score (nSPS) is 13.6. The minimum Gasteiger partial charge on any atom is -0.356 e. The van der Waals surface area contributed by atoms with Crippen LogP contribution in [0.2, 0.25) is 0 Å². The molecule has 1 amide bonds. The zero-order valence-electron chi connectivity index (χ0n) is 13.6. The van der Waals surface area contributed by atoms with E-state index in [1.54, 1.807) is 18.2 Å². The molecule has 4 nitrogen and oxygen atoms in total. The lowest BCUT2D eigenvalue weighted by molar-refractivity contribution is -0.118. The zero-order chi connectivity index (χ0) is 17.2. The molecule has 5 heteroatoms. The highest BCUT2D eigenvalue weighted by atomic mass is 19.1. The number of aromatic nitrogens is 1. The summed E-state index contributed by atoms with van der Waals surface area (Å²) in [7, 11) is 0. The van der Waals surface area contributed by atoms with E-state index < -0.39 is 0 Å². The van der Waals surface area contributed by atoms with Crippen LogP contribution in [-0.4, -0.2) is 17.6 Å². The molecule has 3 aromatic rings. The van der Waals surface area contributed by atoms with Crippen LogP contribution in [0.4, 0.5) is 10.1 Å². The van der Waals surface area contributed by atoms with Gasteiger partial charge in [-0.25, -0.2) is 4.39 Å². The van der Waals surface area contributed by atoms with Crippen LogP contribution >= 0.6 is 0 Å². The molecule has 4 rings (SSSR count). The van der Waals surface area contributed by atoms with Gasteiger partial charge in [0.1, 0.15) is 5.82 Å². The number of fused-ring (bicyclic) bond motifs is 1. The van der Waals surface area contributed by atoms with E-state index in [2.05, 4.69) is 11.2 Å². The van der Waals surface area contributed by atoms with Gasteiger partial charge in [-0.15, -0.1) is 0 Å². The van der Waals surface area contributed by atoms with Crippen LogP contribution < -0.4 is 4.90 Å². The minimum atomic E-state index is -0.303. The largest absolute Gasteiger partial charge is 0.356 e. The summed E-state index contributed by atoms with van der Waals surface area (Å²) in [6, 6.07) is 15.7. The second-order valence-corrected chi connectivity index (χ2v) is 6.14. The summed E-state index contributed by atoms with van der Waals surface area (Å²) in [6.45, 7) is 0.721. The Morgan fingerprint density at radius 2 is 1.96 bits per heavy atom. The number of carbonyl (C=O) groups excluding carboxylic acids is 1. The Balaban J connectivity index is 1.52. The molecule has 1 aliphatic heterocycles. The Morgan fingerprint density at radius 1 is 1.16 bits per heavy atom. The lowest BCUT2D eigenvalue weighted by Gasteiger charge is -2.29. The number of amides is 1. The fourth-order valence-corrected chi connectivity index (χ4v) is 3.19. The lowest BCUT2D eigenvalue weighted by atomic mass is 10.0. The first-order valence-corrected chi connectivity index (χ1v) is 8.30. The molecular formula is C20H17FN2O2.